The van der Waals surface area contributed by atoms with Crippen LogP contribution in [-0.2, 0) is 5.41 Å². The molecule has 1 aromatic heterocycles. The van der Waals surface area contributed by atoms with Crippen LogP contribution in [0.5, 0.6) is 0 Å². The van der Waals surface area contributed by atoms with Crippen LogP contribution >= 0.6 is 0 Å². The van der Waals surface area contributed by atoms with Crippen LogP contribution in [0.4, 0.5) is 17.1 Å². The SMILES string of the molecule is c1ccc(-c2cccc3cccc(-c4ccc(N(c5ccc(C67CCC(CC6)C7)cc5)c5cccc6c5oc5ccccc56)cc4)c23)cc1. The topological polar surface area (TPSA) is 16.4 Å². The molecule has 0 amide bonds. The lowest BCUT2D eigenvalue weighted by Crippen LogP contribution is -2.19. The minimum Gasteiger partial charge on any atom is -0.454 e. The second-order valence-corrected chi connectivity index (χ2v) is 14.2. The normalized spacial score (nSPS) is 18.5. The van der Waals surface area contributed by atoms with Gasteiger partial charge in [0.1, 0.15) is 5.58 Å². The number of fused-ring (bicyclic) bond motifs is 6. The Labute approximate surface area is 287 Å². The molecule has 8 aromatic rings. The molecule has 2 bridgehead atoms. The van der Waals surface area contributed by atoms with Crippen LogP contribution in [0.2, 0.25) is 0 Å². The second-order valence-electron chi connectivity index (χ2n) is 14.2. The summed E-state index contributed by atoms with van der Waals surface area (Å²) in [6, 6.07) is 57.5. The third-order valence-electron chi connectivity index (χ3n) is 11.5. The van der Waals surface area contributed by atoms with Gasteiger partial charge in [0.2, 0.25) is 0 Å². The van der Waals surface area contributed by atoms with Gasteiger partial charge >= 0.3 is 0 Å². The molecular formula is C47H37NO. The molecule has 2 fully saturated rings. The van der Waals surface area contributed by atoms with Crippen molar-refractivity contribution < 1.29 is 4.42 Å². The summed E-state index contributed by atoms with van der Waals surface area (Å²) in [5.74, 6) is 0.922. The van der Waals surface area contributed by atoms with Crippen molar-refractivity contribution in [1.29, 1.82) is 0 Å². The number of benzene rings is 7. The lowest BCUT2D eigenvalue weighted by Gasteiger charge is -2.29. The first-order valence-corrected chi connectivity index (χ1v) is 17.7. The van der Waals surface area contributed by atoms with Gasteiger partial charge in [-0.25, -0.2) is 0 Å². The first-order valence-electron chi connectivity index (χ1n) is 17.7. The van der Waals surface area contributed by atoms with Crippen LogP contribution in [0, 0.1) is 5.92 Å². The number of nitrogens with zero attached hydrogens (tertiary/aromatic N) is 1. The van der Waals surface area contributed by atoms with Crippen molar-refractivity contribution in [1.82, 2.24) is 0 Å². The molecule has 0 aliphatic heterocycles. The Bertz CT molecular complexity index is 2460. The Hall–Kier alpha value is -5.60. The van der Waals surface area contributed by atoms with Crippen molar-refractivity contribution in [3.8, 4) is 22.3 Å². The van der Waals surface area contributed by atoms with Gasteiger partial charge in [0.15, 0.2) is 5.58 Å². The van der Waals surface area contributed by atoms with Crippen LogP contribution in [0.15, 0.2) is 162 Å². The average Bonchev–Trinajstić information content (AvgIpc) is 3.90. The Morgan fingerprint density at radius 1 is 0.531 bits per heavy atom. The Balaban J connectivity index is 1.11. The predicted molar refractivity (Wildman–Crippen MR) is 205 cm³/mol. The molecular weight excluding hydrogens is 595 g/mol. The molecule has 10 rings (SSSR count). The van der Waals surface area contributed by atoms with E-state index in [9.17, 15) is 0 Å². The van der Waals surface area contributed by atoms with Crippen molar-refractivity contribution in [3.05, 3.63) is 163 Å². The van der Waals surface area contributed by atoms with E-state index in [-0.39, 0.29) is 0 Å². The van der Waals surface area contributed by atoms with Crippen LogP contribution in [0.1, 0.15) is 37.7 Å². The quantitative estimate of drug-likeness (QED) is 0.182. The van der Waals surface area contributed by atoms with E-state index >= 15 is 0 Å². The van der Waals surface area contributed by atoms with E-state index in [0.29, 0.717) is 5.41 Å². The predicted octanol–water partition coefficient (Wildman–Crippen LogP) is 13.4. The highest BCUT2D eigenvalue weighted by atomic mass is 16.3. The van der Waals surface area contributed by atoms with Gasteiger partial charge in [-0.15, -0.1) is 0 Å². The minimum atomic E-state index is 0.380. The summed E-state index contributed by atoms with van der Waals surface area (Å²) in [5, 5.41) is 4.81. The first-order chi connectivity index (χ1) is 24.2. The molecule has 0 unspecified atom stereocenters. The zero-order valence-corrected chi connectivity index (χ0v) is 27.5. The molecule has 0 N–H and O–H groups in total. The standard InChI is InChI=1S/C47H37NO/c1-2-9-33(10-3-1)39-14-6-11-35-12-7-15-40(45(35)39)34-19-23-37(24-20-34)48(38-25-21-36(22-26-38)47-29-27-32(31-47)28-30-47)43-17-8-16-42-41-13-4-5-18-44(41)49-46(42)43/h1-26,32H,27-31H2. The van der Waals surface area contributed by atoms with Crippen molar-refractivity contribution in [2.45, 2.75) is 37.5 Å². The molecule has 0 spiro atoms. The van der Waals surface area contributed by atoms with E-state index < -0.39 is 0 Å². The lowest BCUT2D eigenvalue weighted by atomic mass is 9.78. The molecule has 2 heteroatoms. The molecule has 2 aliphatic rings. The third-order valence-corrected chi connectivity index (χ3v) is 11.5. The molecule has 1 heterocycles. The Morgan fingerprint density at radius 3 is 1.84 bits per heavy atom. The molecule has 0 atom stereocenters. The molecule has 236 valence electrons. The maximum Gasteiger partial charge on any atom is 0.159 e. The Morgan fingerprint density at radius 2 is 1.14 bits per heavy atom. The van der Waals surface area contributed by atoms with Crippen molar-refractivity contribution in [2.24, 2.45) is 5.92 Å². The smallest absolute Gasteiger partial charge is 0.159 e. The van der Waals surface area contributed by atoms with Gasteiger partial charge in [-0.1, -0.05) is 121 Å². The van der Waals surface area contributed by atoms with Crippen molar-refractivity contribution in [3.63, 3.8) is 0 Å². The van der Waals surface area contributed by atoms with Gasteiger partial charge in [-0.3, -0.25) is 0 Å². The number of anilines is 3. The summed E-state index contributed by atoms with van der Waals surface area (Å²) in [5.41, 5.74) is 11.9. The summed E-state index contributed by atoms with van der Waals surface area (Å²) in [4.78, 5) is 2.38. The number of rotatable bonds is 6. The number of furan rings is 1. The average molecular weight is 632 g/mol. The van der Waals surface area contributed by atoms with Crippen molar-refractivity contribution in [2.75, 3.05) is 4.90 Å². The van der Waals surface area contributed by atoms with Crippen LogP contribution in [0.25, 0.3) is 55.0 Å². The van der Waals surface area contributed by atoms with E-state index in [1.165, 1.54) is 70.7 Å². The van der Waals surface area contributed by atoms with Crippen LogP contribution < -0.4 is 4.90 Å². The maximum absolute atomic E-state index is 6.61. The lowest BCUT2D eigenvalue weighted by molar-refractivity contribution is 0.419. The molecule has 2 saturated carbocycles. The molecule has 7 aromatic carbocycles. The fraction of sp³-hybridized carbons (Fsp3) is 0.149. The summed E-state index contributed by atoms with van der Waals surface area (Å²) in [6.07, 6.45) is 6.80. The highest BCUT2D eigenvalue weighted by molar-refractivity contribution is 6.10. The molecule has 0 radical (unpaired) electrons. The van der Waals surface area contributed by atoms with Gasteiger partial charge in [0.25, 0.3) is 0 Å². The number of para-hydroxylation sites is 2. The highest BCUT2D eigenvalue weighted by Gasteiger charge is 2.45. The maximum atomic E-state index is 6.61. The summed E-state index contributed by atoms with van der Waals surface area (Å²) >= 11 is 0. The van der Waals surface area contributed by atoms with Crippen LogP contribution in [0.3, 0.4) is 0 Å². The van der Waals surface area contributed by atoms with E-state index in [1.54, 1.807) is 0 Å². The first kappa shape index (κ1) is 28.4. The second kappa shape index (κ2) is 11.2. The fourth-order valence-corrected chi connectivity index (χ4v) is 9.13. The van der Waals surface area contributed by atoms with Gasteiger partial charge in [0, 0.05) is 22.1 Å². The van der Waals surface area contributed by atoms with Gasteiger partial charge in [-0.2, -0.15) is 0 Å². The molecule has 2 nitrogen and oxygen atoms in total. The molecule has 49 heavy (non-hydrogen) atoms. The zero-order chi connectivity index (χ0) is 32.4. The summed E-state index contributed by atoms with van der Waals surface area (Å²) in [7, 11) is 0. The van der Waals surface area contributed by atoms with E-state index in [1.807, 2.05) is 6.07 Å². The number of hydrogen-bond acceptors (Lipinski definition) is 2. The van der Waals surface area contributed by atoms with E-state index in [4.69, 9.17) is 4.42 Å². The van der Waals surface area contributed by atoms with Gasteiger partial charge < -0.3 is 9.32 Å². The van der Waals surface area contributed by atoms with Gasteiger partial charge in [-0.05, 0) is 118 Å². The molecule has 2 aliphatic carbocycles. The van der Waals surface area contributed by atoms with E-state index in [2.05, 4.69) is 157 Å². The van der Waals surface area contributed by atoms with E-state index in [0.717, 1.165) is 44.9 Å². The minimum absolute atomic E-state index is 0.380. The largest absolute Gasteiger partial charge is 0.454 e. The summed E-state index contributed by atoms with van der Waals surface area (Å²) < 4.78 is 6.61. The summed E-state index contributed by atoms with van der Waals surface area (Å²) in [6.45, 7) is 0. The van der Waals surface area contributed by atoms with Crippen molar-refractivity contribution >= 4 is 49.8 Å². The fourth-order valence-electron chi connectivity index (χ4n) is 9.13. The zero-order valence-electron chi connectivity index (χ0n) is 27.5. The third kappa shape index (κ3) is 4.62. The number of hydrogen-bond donors (Lipinski definition) is 0. The van der Waals surface area contributed by atoms with Gasteiger partial charge in [0.05, 0.1) is 5.69 Å². The van der Waals surface area contributed by atoms with Crippen LogP contribution in [-0.4, -0.2) is 0 Å². The Kier molecular flexibility index (Phi) is 6.52. The monoisotopic (exact) mass is 631 g/mol. The molecule has 0 saturated heterocycles. The highest BCUT2D eigenvalue weighted by Crippen LogP contribution is 2.55.